The van der Waals surface area contributed by atoms with E-state index < -0.39 is 0 Å². The van der Waals surface area contributed by atoms with Crippen LogP contribution in [0.15, 0.2) is 17.2 Å². The zero-order valence-electron chi connectivity index (χ0n) is 13.5. The highest BCUT2D eigenvalue weighted by molar-refractivity contribution is 5.22. The van der Waals surface area contributed by atoms with Crippen molar-refractivity contribution in [1.29, 1.82) is 0 Å². The second-order valence-corrected chi connectivity index (χ2v) is 6.20. The molecule has 22 heavy (non-hydrogen) atoms. The first kappa shape index (κ1) is 15.0. The molecule has 0 aliphatic carbocycles. The Morgan fingerprint density at radius 1 is 1.41 bits per heavy atom. The molecule has 0 radical (unpaired) electrons. The zero-order chi connectivity index (χ0) is 15.7. The van der Waals surface area contributed by atoms with Crippen molar-refractivity contribution < 1.29 is 0 Å². The van der Waals surface area contributed by atoms with E-state index in [0.29, 0.717) is 6.54 Å². The van der Waals surface area contributed by atoms with Crippen LogP contribution in [0.5, 0.6) is 0 Å². The number of fused-ring (bicyclic) bond motifs is 1. The molecule has 2 aromatic heterocycles. The third kappa shape index (κ3) is 2.97. The zero-order valence-corrected chi connectivity index (χ0v) is 13.5. The van der Waals surface area contributed by atoms with Crippen LogP contribution in [-0.2, 0) is 26.1 Å². The minimum atomic E-state index is 0.0163. The molecule has 118 valence electrons. The van der Waals surface area contributed by atoms with Gasteiger partial charge in [0.1, 0.15) is 5.82 Å². The topological polar surface area (TPSA) is 66.8 Å². The molecular weight excluding hydrogens is 278 g/mol. The number of rotatable bonds is 4. The SMILES string of the molecule is CCn1cc(CN2CCc3nc(C(C)C)[nH]c(=O)c3C2)cn1. The summed E-state index contributed by atoms with van der Waals surface area (Å²) < 4.78 is 1.93. The molecular formula is C16H23N5O. The Hall–Kier alpha value is -1.95. The summed E-state index contributed by atoms with van der Waals surface area (Å²) in [5.74, 6) is 1.04. The first-order chi connectivity index (χ1) is 10.6. The molecule has 3 rings (SSSR count). The summed E-state index contributed by atoms with van der Waals surface area (Å²) in [5, 5.41) is 4.30. The van der Waals surface area contributed by atoms with Crippen molar-refractivity contribution in [1.82, 2.24) is 24.6 Å². The maximum absolute atomic E-state index is 12.3. The first-order valence-electron chi connectivity index (χ1n) is 7.92. The van der Waals surface area contributed by atoms with Gasteiger partial charge in [-0.05, 0) is 6.92 Å². The van der Waals surface area contributed by atoms with Crippen LogP contribution in [-0.4, -0.2) is 31.2 Å². The monoisotopic (exact) mass is 301 g/mol. The van der Waals surface area contributed by atoms with E-state index >= 15 is 0 Å². The van der Waals surface area contributed by atoms with Crippen LogP contribution >= 0.6 is 0 Å². The van der Waals surface area contributed by atoms with Gasteiger partial charge in [-0.15, -0.1) is 0 Å². The molecule has 0 saturated carbocycles. The normalized spacial score (nSPS) is 15.3. The van der Waals surface area contributed by atoms with Crippen LogP contribution in [0.3, 0.4) is 0 Å². The highest BCUT2D eigenvalue weighted by Gasteiger charge is 2.22. The fourth-order valence-electron chi connectivity index (χ4n) is 2.83. The Morgan fingerprint density at radius 3 is 2.91 bits per heavy atom. The number of nitrogens with one attached hydrogen (secondary N) is 1. The van der Waals surface area contributed by atoms with Gasteiger partial charge < -0.3 is 4.98 Å². The number of aromatic amines is 1. The molecule has 0 unspecified atom stereocenters. The molecule has 0 amide bonds. The van der Waals surface area contributed by atoms with Crippen molar-refractivity contribution in [2.24, 2.45) is 0 Å². The van der Waals surface area contributed by atoms with Crippen LogP contribution < -0.4 is 5.56 Å². The van der Waals surface area contributed by atoms with Crippen LogP contribution in [0, 0.1) is 0 Å². The van der Waals surface area contributed by atoms with Crippen molar-refractivity contribution in [3.8, 4) is 0 Å². The van der Waals surface area contributed by atoms with Gasteiger partial charge in [0, 0.05) is 50.3 Å². The second-order valence-electron chi connectivity index (χ2n) is 6.20. The summed E-state index contributed by atoms with van der Waals surface area (Å²) in [6.45, 7) is 9.46. The van der Waals surface area contributed by atoms with Crippen LogP contribution in [0.1, 0.15) is 49.3 Å². The summed E-state index contributed by atoms with van der Waals surface area (Å²) in [6, 6.07) is 0. The van der Waals surface area contributed by atoms with Crippen LogP contribution in [0.2, 0.25) is 0 Å². The smallest absolute Gasteiger partial charge is 0.255 e. The molecule has 0 fully saturated rings. The lowest BCUT2D eigenvalue weighted by Crippen LogP contribution is -2.35. The molecule has 1 N–H and O–H groups in total. The van der Waals surface area contributed by atoms with E-state index in [9.17, 15) is 4.79 Å². The maximum atomic E-state index is 12.3. The third-order valence-electron chi connectivity index (χ3n) is 4.13. The predicted octanol–water partition coefficient (Wildman–Crippen LogP) is 1.67. The van der Waals surface area contributed by atoms with E-state index in [1.165, 1.54) is 5.56 Å². The van der Waals surface area contributed by atoms with Gasteiger partial charge in [0.25, 0.3) is 5.56 Å². The Balaban J connectivity index is 1.77. The molecule has 0 atom stereocenters. The quantitative estimate of drug-likeness (QED) is 0.933. The summed E-state index contributed by atoms with van der Waals surface area (Å²) >= 11 is 0. The highest BCUT2D eigenvalue weighted by atomic mass is 16.1. The van der Waals surface area contributed by atoms with E-state index in [1.807, 2.05) is 24.7 Å². The lowest BCUT2D eigenvalue weighted by molar-refractivity contribution is 0.241. The van der Waals surface area contributed by atoms with Gasteiger partial charge in [-0.3, -0.25) is 14.4 Å². The Labute approximate surface area is 130 Å². The first-order valence-corrected chi connectivity index (χ1v) is 7.92. The average molecular weight is 301 g/mol. The van der Waals surface area contributed by atoms with Gasteiger partial charge in [-0.1, -0.05) is 13.8 Å². The summed E-state index contributed by atoms with van der Waals surface area (Å²) in [5.41, 5.74) is 2.99. The molecule has 6 heteroatoms. The Kier molecular flexibility index (Phi) is 4.11. The number of nitrogens with zero attached hydrogens (tertiary/aromatic N) is 4. The van der Waals surface area contributed by atoms with Crippen LogP contribution in [0.4, 0.5) is 0 Å². The van der Waals surface area contributed by atoms with Gasteiger partial charge in [0.2, 0.25) is 0 Å². The fraction of sp³-hybridized carbons (Fsp3) is 0.562. The van der Waals surface area contributed by atoms with Gasteiger partial charge in [0.15, 0.2) is 0 Å². The molecule has 0 spiro atoms. The minimum Gasteiger partial charge on any atom is -0.310 e. The van der Waals surface area contributed by atoms with E-state index in [-0.39, 0.29) is 11.5 Å². The number of hydrogen-bond acceptors (Lipinski definition) is 4. The molecule has 1 aliphatic heterocycles. The summed E-state index contributed by atoms with van der Waals surface area (Å²) in [4.78, 5) is 22.1. The molecule has 0 saturated heterocycles. The molecule has 3 heterocycles. The largest absolute Gasteiger partial charge is 0.310 e. The summed E-state index contributed by atoms with van der Waals surface area (Å²) in [7, 11) is 0. The third-order valence-corrected chi connectivity index (χ3v) is 4.13. The van der Waals surface area contributed by atoms with Crippen molar-refractivity contribution in [3.63, 3.8) is 0 Å². The average Bonchev–Trinajstić information content (AvgIpc) is 2.95. The molecule has 6 nitrogen and oxygen atoms in total. The van der Waals surface area contributed by atoms with Crippen molar-refractivity contribution in [3.05, 3.63) is 45.4 Å². The van der Waals surface area contributed by atoms with Gasteiger partial charge >= 0.3 is 0 Å². The summed E-state index contributed by atoms with van der Waals surface area (Å²) in [6.07, 6.45) is 4.81. The van der Waals surface area contributed by atoms with E-state index in [4.69, 9.17) is 0 Å². The number of hydrogen-bond donors (Lipinski definition) is 1. The van der Waals surface area contributed by atoms with Gasteiger partial charge in [-0.25, -0.2) is 4.98 Å². The minimum absolute atomic E-state index is 0.0163. The molecule has 0 bridgehead atoms. The Morgan fingerprint density at radius 2 is 2.23 bits per heavy atom. The highest BCUT2D eigenvalue weighted by Crippen LogP contribution is 2.18. The standard InChI is InChI=1S/C16H23N5O/c1-4-21-9-12(7-17-21)8-20-6-5-14-13(10-20)16(22)19-15(18-14)11(2)3/h7,9,11H,4-6,8,10H2,1-3H3,(H,18,19,22). The lowest BCUT2D eigenvalue weighted by Gasteiger charge is -2.27. The second kappa shape index (κ2) is 6.04. The molecule has 0 aromatic carbocycles. The molecule has 1 aliphatic rings. The number of aromatic nitrogens is 4. The number of aryl methyl sites for hydroxylation is 1. The van der Waals surface area contributed by atoms with Crippen molar-refractivity contribution in [2.75, 3.05) is 6.54 Å². The maximum Gasteiger partial charge on any atom is 0.255 e. The van der Waals surface area contributed by atoms with E-state index in [1.54, 1.807) is 0 Å². The Bertz CT molecular complexity index is 716. The predicted molar refractivity (Wildman–Crippen MR) is 84.7 cm³/mol. The van der Waals surface area contributed by atoms with Gasteiger partial charge in [0.05, 0.1) is 17.5 Å². The van der Waals surface area contributed by atoms with Crippen molar-refractivity contribution in [2.45, 2.75) is 52.7 Å². The fourth-order valence-corrected chi connectivity index (χ4v) is 2.83. The van der Waals surface area contributed by atoms with E-state index in [0.717, 1.165) is 43.1 Å². The number of H-pyrrole nitrogens is 1. The van der Waals surface area contributed by atoms with Crippen molar-refractivity contribution >= 4 is 0 Å². The van der Waals surface area contributed by atoms with E-state index in [2.05, 4.69) is 33.1 Å². The van der Waals surface area contributed by atoms with Gasteiger partial charge in [-0.2, -0.15) is 5.10 Å². The molecule has 2 aromatic rings. The van der Waals surface area contributed by atoms with Crippen LogP contribution in [0.25, 0.3) is 0 Å². The lowest BCUT2D eigenvalue weighted by atomic mass is 10.1.